The third-order valence-electron chi connectivity index (χ3n) is 5.51. The molecule has 10 nitrogen and oxygen atoms in total. The molecule has 1 amide bonds. The van der Waals surface area contributed by atoms with Crippen LogP contribution < -0.4 is 24.4 Å². The lowest BCUT2D eigenvalue weighted by Crippen LogP contribution is -2.46. The number of nitrogens with zero attached hydrogens (tertiary/aromatic N) is 4. The van der Waals surface area contributed by atoms with Crippen LogP contribution in [-0.2, 0) is 6.54 Å². The third kappa shape index (κ3) is 6.74. The zero-order valence-corrected chi connectivity index (χ0v) is 21.1. The Balaban J connectivity index is 1.47. The van der Waals surface area contributed by atoms with Crippen molar-refractivity contribution in [3.63, 3.8) is 0 Å². The Hall–Kier alpha value is -3.26. The van der Waals surface area contributed by atoms with Crippen molar-refractivity contribution < 1.29 is 37.3 Å². The van der Waals surface area contributed by atoms with E-state index in [4.69, 9.17) is 9.47 Å². The second kappa shape index (κ2) is 11.4. The maximum absolute atomic E-state index is 13.3. The lowest BCUT2D eigenvalue weighted by Gasteiger charge is -2.33. The number of thioether (sulfide) groups is 1. The first kappa shape index (κ1) is 26.8. The van der Waals surface area contributed by atoms with Gasteiger partial charge in [0.1, 0.15) is 24.7 Å². The van der Waals surface area contributed by atoms with Gasteiger partial charge in [0.25, 0.3) is 11.9 Å². The van der Waals surface area contributed by atoms with Crippen LogP contribution >= 0.6 is 11.8 Å². The topological polar surface area (TPSA) is 101 Å². The Morgan fingerprint density at radius 2 is 2.00 bits per heavy atom. The van der Waals surface area contributed by atoms with Crippen molar-refractivity contribution >= 4 is 23.5 Å². The molecule has 14 heteroatoms. The van der Waals surface area contributed by atoms with Crippen molar-refractivity contribution in [3.8, 4) is 17.5 Å². The van der Waals surface area contributed by atoms with E-state index in [-0.39, 0.29) is 48.6 Å². The molecular formula is C23H28F3N5O5S. The highest BCUT2D eigenvalue weighted by atomic mass is 32.2. The second-order valence-electron chi connectivity index (χ2n) is 8.41. The Labute approximate surface area is 216 Å². The van der Waals surface area contributed by atoms with Crippen LogP contribution in [0.5, 0.6) is 17.5 Å². The Bertz CT molecular complexity index is 1140. The standard InChI is InChI=1S/C23H28F3N5O5S/c1-15-12-27-18(37-15)13-31-19-20(29(2)14-30(21(19)33)7-4-8-32)28-22(31)35-10-9-34-16-5-3-6-17(11-16)36-23(24,25)26/h3,5-6,11-12,18,27,32H,4,7-10,13-14H2,1-2H3. The van der Waals surface area contributed by atoms with Crippen molar-refractivity contribution in [1.29, 1.82) is 0 Å². The van der Waals surface area contributed by atoms with Crippen LogP contribution in [-0.4, -0.2) is 77.3 Å². The first-order chi connectivity index (χ1) is 17.6. The van der Waals surface area contributed by atoms with Gasteiger partial charge in [-0.1, -0.05) is 6.07 Å². The summed E-state index contributed by atoms with van der Waals surface area (Å²) in [6.45, 7) is 3.17. The molecule has 1 unspecified atom stereocenters. The molecule has 0 bridgehead atoms. The van der Waals surface area contributed by atoms with E-state index in [0.29, 0.717) is 37.7 Å². The Morgan fingerprint density at radius 1 is 1.24 bits per heavy atom. The normalized spacial score (nSPS) is 17.4. The highest BCUT2D eigenvalue weighted by Crippen LogP contribution is 2.34. The average Bonchev–Trinajstić information content (AvgIpc) is 3.41. The van der Waals surface area contributed by atoms with Gasteiger partial charge in [0.05, 0.1) is 18.6 Å². The van der Waals surface area contributed by atoms with Crippen molar-refractivity contribution in [2.24, 2.45) is 0 Å². The molecule has 202 valence electrons. The number of benzene rings is 1. The summed E-state index contributed by atoms with van der Waals surface area (Å²) in [4.78, 5) is 22.5. The minimum Gasteiger partial charge on any atom is -0.490 e. The molecule has 0 saturated carbocycles. The fourth-order valence-electron chi connectivity index (χ4n) is 3.96. The zero-order valence-electron chi connectivity index (χ0n) is 20.3. The van der Waals surface area contributed by atoms with Gasteiger partial charge in [0, 0.05) is 32.5 Å². The summed E-state index contributed by atoms with van der Waals surface area (Å²) in [5.41, 5.74) is 0.395. The zero-order chi connectivity index (χ0) is 26.6. The summed E-state index contributed by atoms with van der Waals surface area (Å²) in [7, 11) is 1.83. The highest BCUT2D eigenvalue weighted by molar-refractivity contribution is 8.03. The number of halogens is 3. The Kier molecular flexibility index (Phi) is 8.27. The third-order valence-corrected chi connectivity index (χ3v) is 6.57. The van der Waals surface area contributed by atoms with E-state index in [1.807, 2.05) is 25.1 Å². The summed E-state index contributed by atoms with van der Waals surface area (Å²) in [6, 6.07) is 5.46. The number of hydrogen-bond donors (Lipinski definition) is 2. The van der Waals surface area contributed by atoms with Crippen molar-refractivity contribution in [2.75, 3.05) is 45.0 Å². The SMILES string of the molecule is CC1=CNC(Cn2c(OCCOc3cccc(OC(F)(F)F)c3)nc3c2C(=O)N(CCCO)CN3C)S1. The molecule has 3 heterocycles. The fourth-order valence-corrected chi connectivity index (χ4v) is 4.90. The highest BCUT2D eigenvalue weighted by Gasteiger charge is 2.36. The van der Waals surface area contributed by atoms with Crippen molar-refractivity contribution in [1.82, 2.24) is 19.8 Å². The summed E-state index contributed by atoms with van der Waals surface area (Å²) >= 11 is 1.63. The molecule has 4 rings (SSSR count). The van der Waals surface area contributed by atoms with E-state index in [9.17, 15) is 23.1 Å². The van der Waals surface area contributed by atoms with Gasteiger partial charge in [-0.05, 0) is 30.4 Å². The molecule has 0 spiro atoms. The molecule has 0 radical (unpaired) electrons. The maximum Gasteiger partial charge on any atom is 0.573 e. The summed E-state index contributed by atoms with van der Waals surface area (Å²) < 4.78 is 54.5. The van der Waals surface area contributed by atoms with Gasteiger partial charge in [-0.15, -0.1) is 24.9 Å². The number of amides is 1. The lowest BCUT2D eigenvalue weighted by atomic mass is 10.2. The number of aromatic nitrogens is 2. The van der Waals surface area contributed by atoms with Crippen LogP contribution in [0.3, 0.4) is 0 Å². The van der Waals surface area contributed by atoms with Gasteiger partial charge in [-0.25, -0.2) is 0 Å². The number of imidazole rings is 1. The number of carbonyl (C=O) groups is 1. The molecule has 2 aromatic rings. The van der Waals surface area contributed by atoms with Gasteiger partial charge in [0.15, 0.2) is 11.5 Å². The van der Waals surface area contributed by atoms with E-state index in [2.05, 4.69) is 15.0 Å². The number of hydrogen-bond acceptors (Lipinski definition) is 9. The second-order valence-corrected chi connectivity index (χ2v) is 9.86. The fraction of sp³-hybridized carbons (Fsp3) is 0.478. The van der Waals surface area contributed by atoms with Gasteiger partial charge < -0.3 is 34.4 Å². The van der Waals surface area contributed by atoms with Crippen LogP contribution in [0.1, 0.15) is 23.8 Å². The molecule has 0 aliphatic carbocycles. The van der Waals surface area contributed by atoms with Gasteiger partial charge >= 0.3 is 6.36 Å². The molecule has 1 atom stereocenters. The summed E-state index contributed by atoms with van der Waals surface area (Å²) in [5, 5.41) is 12.5. The number of fused-ring (bicyclic) bond motifs is 1. The van der Waals surface area contributed by atoms with Gasteiger partial charge in [-0.3, -0.25) is 9.36 Å². The number of rotatable bonds is 11. The average molecular weight is 544 g/mol. The Morgan fingerprint density at radius 3 is 2.70 bits per heavy atom. The predicted molar refractivity (Wildman–Crippen MR) is 131 cm³/mol. The molecule has 1 aromatic carbocycles. The van der Waals surface area contributed by atoms with Crippen LogP contribution in [0.15, 0.2) is 35.4 Å². The maximum atomic E-state index is 13.3. The number of nitrogens with one attached hydrogen (secondary N) is 1. The molecule has 1 aromatic heterocycles. The minimum atomic E-state index is -4.79. The number of aliphatic hydroxyl groups excluding tert-OH is 1. The lowest BCUT2D eigenvalue weighted by molar-refractivity contribution is -0.274. The van der Waals surface area contributed by atoms with Gasteiger partial charge in [0.2, 0.25) is 0 Å². The van der Waals surface area contributed by atoms with E-state index < -0.39 is 6.36 Å². The van der Waals surface area contributed by atoms with Gasteiger partial charge in [-0.2, -0.15) is 4.98 Å². The number of anilines is 1. The van der Waals surface area contributed by atoms with Crippen LogP contribution in [0.2, 0.25) is 0 Å². The van der Waals surface area contributed by atoms with E-state index >= 15 is 0 Å². The van der Waals surface area contributed by atoms with E-state index in [1.165, 1.54) is 18.2 Å². The smallest absolute Gasteiger partial charge is 0.490 e. The summed E-state index contributed by atoms with van der Waals surface area (Å²) in [5.74, 6) is 0.0996. The number of allylic oxidation sites excluding steroid dienone is 1. The monoisotopic (exact) mass is 543 g/mol. The molecule has 0 fully saturated rings. The predicted octanol–water partition coefficient (Wildman–Crippen LogP) is 3.00. The molecule has 37 heavy (non-hydrogen) atoms. The molecular weight excluding hydrogens is 515 g/mol. The van der Waals surface area contributed by atoms with E-state index in [1.54, 1.807) is 21.2 Å². The van der Waals surface area contributed by atoms with E-state index in [0.717, 1.165) is 11.0 Å². The molecule has 2 aliphatic heterocycles. The minimum absolute atomic E-state index is 0.0210. The largest absolute Gasteiger partial charge is 0.573 e. The quantitative estimate of drug-likeness (QED) is 0.414. The molecule has 2 N–H and O–H groups in total. The van der Waals surface area contributed by atoms with Crippen LogP contribution in [0.25, 0.3) is 0 Å². The number of ether oxygens (including phenoxy) is 3. The summed E-state index contributed by atoms with van der Waals surface area (Å²) in [6.07, 6.45) is -2.43. The van der Waals surface area contributed by atoms with Crippen molar-refractivity contribution in [3.05, 3.63) is 41.1 Å². The van der Waals surface area contributed by atoms with Crippen LogP contribution in [0.4, 0.5) is 19.0 Å². The number of alkyl halides is 3. The number of aliphatic hydroxyl groups is 1. The van der Waals surface area contributed by atoms with Crippen molar-refractivity contribution in [2.45, 2.75) is 31.6 Å². The molecule has 2 aliphatic rings. The first-order valence-corrected chi connectivity index (χ1v) is 12.5. The first-order valence-electron chi connectivity index (χ1n) is 11.6. The molecule has 0 saturated heterocycles. The number of carbonyl (C=O) groups excluding carboxylic acids is 1. The van der Waals surface area contributed by atoms with Crippen LogP contribution in [0, 0.1) is 0 Å².